The van der Waals surface area contributed by atoms with Crippen molar-refractivity contribution in [3.63, 3.8) is 0 Å². The first kappa shape index (κ1) is 13.6. The lowest BCUT2D eigenvalue weighted by Gasteiger charge is -2.26. The zero-order chi connectivity index (χ0) is 12.2. The Bertz CT molecular complexity index is 320. The second kappa shape index (κ2) is 5.73. The van der Waals surface area contributed by atoms with Crippen LogP contribution in [0.4, 0.5) is 0 Å². The molecule has 1 unspecified atom stereocenters. The van der Waals surface area contributed by atoms with Crippen molar-refractivity contribution in [2.75, 3.05) is 19.1 Å². The van der Waals surface area contributed by atoms with E-state index in [1.54, 1.807) is 0 Å². The van der Waals surface area contributed by atoms with Gasteiger partial charge in [-0.05, 0) is 38.8 Å². The molecule has 92 valence electrons. The number of nitrogens with one attached hydrogen (secondary N) is 1. The standard InChI is InChI=1S/C12H23N3S/c1-10(8-16-5)7-15-9-14-6-11(15)12(2,3)13-4/h6,9-10,13H,7-8H2,1-5H3. The molecular formula is C12H23N3S. The van der Waals surface area contributed by atoms with Crippen LogP contribution in [0.1, 0.15) is 26.5 Å². The highest BCUT2D eigenvalue weighted by molar-refractivity contribution is 7.98. The first-order valence-electron chi connectivity index (χ1n) is 5.69. The SMILES string of the molecule is CNC(C)(C)c1cncn1CC(C)CSC. The number of nitrogens with zero attached hydrogens (tertiary/aromatic N) is 2. The molecule has 0 aliphatic rings. The molecule has 1 atom stereocenters. The van der Waals surface area contributed by atoms with Gasteiger partial charge in [-0.2, -0.15) is 11.8 Å². The van der Waals surface area contributed by atoms with E-state index in [1.807, 2.05) is 31.3 Å². The van der Waals surface area contributed by atoms with Crippen LogP contribution in [0, 0.1) is 5.92 Å². The van der Waals surface area contributed by atoms with E-state index in [0.717, 1.165) is 6.54 Å². The zero-order valence-electron chi connectivity index (χ0n) is 10.9. The van der Waals surface area contributed by atoms with E-state index < -0.39 is 0 Å². The van der Waals surface area contributed by atoms with Crippen molar-refractivity contribution in [3.8, 4) is 0 Å². The molecule has 4 heteroatoms. The van der Waals surface area contributed by atoms with Crippen LogP contribution in [0.2, 0.25) is 0 Å². The maximum atomic E-state index is 4.27. The summed E-state index contributed by atoms with van der Waals surface area (Å²) in [5, 5.41) is 3.32. The molecule has 0 bridgehead atoms. The molecule has 0 aliphatic carbocycles. The Labute approximate surface area is 103 Å². The fourth-order valence-electron chi connectivity index (χ4n) is 1.79. The third-order valence-corrected chi connectivity index (χ3v) is 3.84. The molecule has 0 aliphatic heterocycles. The number of aromatic nitrogens is 2. The van der Waals surface area contributed by atoms with Gasteiger partial charge in [0.05, 0.1) is 17.6 Å². The van der Waals surface area contributed by atoms with Crippen molar-refractivity contribution in [2.45, 2.75) is 32.9 Å². The lowest BCUT2D eigenvalue weighted by Crippen LogP contribution is -2.35. The summed E-state index contributed by atoms with van der Waals surface area (Å²) in [4.78, 5) is 4.27. The van der Waals surface area contributed by atoms with Gasteiger partial charge in [-0.1, -0.05) is 6.92 Å². The fourth-order valence-corrected chi connectivity index (χ4v) is 2.46. The van der Waals surface area contributed by atoms with Gasteiger partial charge in [0.1, 0.15) is 0 Å². The molecule has 1 heterocycles. The Kier molecular flexibility index (Phi) is 4.87. The van der Waals surface area contributed by atoms with Crippen LogP contribution in [0.3, 0.4) is 0 Å². The molecule has 3 nitrogen and oxygen atoms in total. The summed E-state index contributed by atoms with van der Waals surface area (Å²) in [5.41, 5.74) is 1.23. The topological polar surface area (TPSA) is 29.9 Å². The average molecular weight is 241 g/mol. The molecule has 16 heavy (non-hydrogen) atoms. The zero-order valence-corrected chi connectivity index (χ0v) is 11.8. The minimum Gasteiger partial charge on any atom is -0.333 e. The van der Waals surface area contributed by atoms with Crippen LogP contribution < -0.4 is 5.32 Å². The van der Waals surface area contributed by atoms with Gasteiger partial charge in [0.25, 0.3) is 0 Å². The Morgan fingerprint density at radius 2 is 2.25 bits per heavy atom. The smallest absolute Gasteiger partial charge is 0.0948 e. The maximum absolute atomic E-state index is 4.27. The molecule has 0 radical (unpaired) electrons. The predicted molar refractivity (Wildman–Crippen MR) is 71.9 cm³/mol. The molecule has 0 fully saturated rings. The first-order chi connectivity index (χ1) is 7.51. The van der Waals surface area contributed by atoms with Crippen molar-refractivity contribution < 1.29 is 0 Å². The molecule has 0 saturated carbocycles. The third-order valence-electron chi connectivity index (χ3n) is 2.94. The second-order valence-electron chi connectivity index (χ2n) is 4.87. The summed E-state index contributed by atoms with van der Waals surface area (Å²) in [6, 6.07) is 0. The highest BCUT2D eigenvalue weighted by Crippen LogP contribution is 2.20. The van der Waals surface area contributed by atoms with Gasteiger partial charge in [-0.15, -0.1) is 0 Å². The van der Waals surface area contributed by atoms with Gasteiger partial charge in [0.2, 0.25) is 0 Å². The van der Waals surface area contributed by atoms with E-state index in [4.69, 9.17) is 0 Å². The minimum atomic E-state index is -0.0183. The number of hydrogen-bond donors (Lipinski definition) is 1. The largest absolute Gasteiger partial charge is 0.333 e. The summed E-state index contributed by atoms with van der Waals surface area (Å²) in [7, 11) is 1.99. The molecule has 1 rings (SSSR count). The van der Waals surface area contributed by atoms with Gasteiger partial charge in [0.15, 0.2) is 0 Å². The molecule has 0 aromatic carbocycles. The van der Waals surface area contributed by atoms with Gasteiger partial charge in [-0.25, -0.2) is 4.98 Å². The third kappa shape index (κ3) is 3.25. The fraction of sp³-hybridized carbons (Fsp3) is 0.750. The van der Waals surface area contributed by atoms with Crippen molar-refractivity contribution in [3.05, 3.63) is 18.2 Å². The second-order valence-corrected chi connectivity index (χ2v) is 5.78. The number of rotatable bonds is 6. The predicted octanol–water partition coefficient (Wildman–Crippen LogP) is 2.34. The van der Waals surface area contributed by atoms with E-state index in [2.05, 4.69) is 41.9 Å². The van der Waals surface area contributed by atoms with Crippen LogP contribution in [0.5, 0.6) is 0 Å². The van der Waals surface area contributed by atoms with E-state index >= 15 is 0 Å². The molecular weight excluding hydrogens is 218 g/mol. The normalized spacial score (nSPS) is 14.1. The quantitative estimate of drug-likeness (QED) is 0.829. The summed E-state index contributed by atoms with van der Waals surface area (Å²) in [5.74, 6) is 1.87. The monoisotopic (exact) mass is 241 g/mol. The molecule has 1 N–H and O–H groups in total. The highest BCUT2D eigenvalue weighted by atomic mass is 32.2. The molecule has 0 spiro atoms. The first-order valence-corrected chi connectivity index (χ1v) is 7.09. The van der Waals surface area contributed by atoms with Crippen molar-refractivity contribution in [1.82, 2.24) is 14.9 Å². The molecule has 0 saturated heterocycles. The molecule has 0 amide bonds. The maximum Gasteiger partial charge on any atom is 0.0948 e. The Morgan fingerprint density at radius 1 is 1.56 bits per heavy atom. The number of imidazole rings is 1. The van der Waals surface area contributed by atoms with Crippen LogP contribution >= 0.6 is 11.8 Å². The van der Waals surface area contributed by atoms with E-state index in [0.29, 0.717) is 5.92 Å². The van der Waals surface area contributed by atoms with Crippen LogP contribution in [-0.4, -0.2) is 28.6 Å². The lowest BCUT2D eigenvalue weighted by atomic mass is 10.0. The summed E-state index contributed by atoms with van der Waals surface area (Å²) < 4.78 is 2.26. The minimum absolute atomic E-state index is 0.0183. The van der Waals surface area contributed by atoms with Crippen LogP contribution in [-0.2, 0) is 12.1 Å². The summed E-state index contributed by atoms with van der Waals surface area (Å²) >= 11 is 1.90. The van der Waals surface area contributed by atoms with Crippen molar-refractivity contribution in [1.29, 1.82) is 0 Å². The summed E-state index contributed by atoms with van der Waals surface area (Å²) in [6.07, 6.45) is 6.05. The van der Waals surface area contributed by atoms with E-state index in [-0.39, 0.29) is 5.54 Å². The lowest BCUT2D eigenvalue weighted by molar-refractivity contribution is 0.394. The van der Waals surface area contributed by atoms with Crippen molar-refractivity contribution in [2.24, 2.45) is 5.92 Å². The van der Waals surface area contributed by atoms with Crippen LogP contribution in [0.25, 0.3) is 0 Å². The number of thioether (sulfide) groups is 1. The molecule has 1 aromatic rings. The van der Waals surface area contributed by atoms with Gasteiger partial charge in [-0.3, -0.25) is 0 Å². The van der Waals surface area contributed by atoms with Gasteiger partial charge < -0.3 is 9.88 Å². The van der Waals surface area contributed by atoms with Crippen molar-refractivity contribution >= 4 is 11.8 Å². The highest BCUT2D eigenvalue weighted by Gasteiger charge is 2.22. The summed E-state index contributed by atoms with van der Waals surface area (Å²) in [6.45, 7) is 7.69. The van der Waals surface area contributed by atoms with E-state index in [9.17, 15) is 0 Å². The number of hydrogen-bond acceptors (Lipinski definition) is 3. The van der Waals surface area contributed by atoms with Gasteiger partial charge >= 0.3 is 0 Å². The van der Waals surface area contributed by atoms with E-state index in [1.165, 1.54) is 11.4 Å². The Hall–Kier alpha value is -0.480. The average Bonchev–Trinajstić information content (AvgIpc) is 2.67. The molecule has 1 aromatic heterocycles. The van der Waals surface area contributed by atoms with Crippen LogP contribution in [0.15, 0.2) is 12.5 Å². The Balaban J connectivity index is 2.78. The Morgan fingerprint density at radius 3 is 2.81 bits per heavy atom. The van der Waals surface area contributed by atoms with Gasteiger partial charge in [0, 0.05) is 12.7 Å².